The fraction of sp³-hybridized carbons (Fsp3) is 0.412. The highest BCUT2D eigenvalue weighted by atomic mass is 16.5. The standard InChI is InChI=1S/C17H19N3O/c1-11-4-12(2)15-14(5-11)16(13(6-18)7-19-15)20-8-17(3)9-21-10-17/h4-5,7H,8-10H2,1-3H3,(H,19,20). The zero-order valence-corrected chi connectivity index (χ0v) is 12.7. The van der Waals surface area contributed by atoms with Crippen molar-refractivity contribution in [3.63, 3.8) is 0 Å². The van der Waals surface area contributed by atoms with Gasteiger partial charge in [-0.05, 0) is 25.5 Å². The fourth-order valence-corrected chi connectivity index (χ4v) is 2.79. The van der Waals surface area contributed by atoms with Crippen molar-refractivity contribution < 1.29 is 4.74 Å². The van der Waals surface area contributed by atoms with E-state index in [1.807, 2.05) is 0 Å². The topological polar surface area (TPSA) is 57.9 Å². The molecule has 0 radical (unpaired) electrons. The molecule has 1 aromatic heterocycles. The van der Waals surface area contributed by atoms with E-state index >= 15 is 0 Å². The molecule has 0 aliphatic carbocycles. The number of benzene rings is 1. The molecule has 0 atom stereocenters. The third-order valence-corrected chi connectivity index (χ3v) is 4.02. The molecular formula is C17H19N3O. The molecule has 0 spiro atoms. The highest BCUT2D eigenvalue weighted by Crippen LogP contribution is 2.32. The van der Waals surface area contributed by atoms with Crippen molar-refractivity contribution in [1.29, 1.82) is 5.26 Å². The first-order valence-corrected chi connectivity index (χ1v) is 7.14. The van der Waals surface area contributed by atoms with Crippen LogP contribution in [-0.4, -0.2) is 24.7 Å². The van der Waals surface area contributed by atoms with E-state index in [4.69, 9.17) is 4.74 Å². The van der Waals surface area contributed by atoms with Crippen LogP contribution in [0.2, 0.25) is 0 Å². The van der Waals surface area contributed by atoms with Gasteiger partial charge in [-0.1, -0.05) is 18.6 Å². The molecular weight excluding hydrogens is 262 g/mol. The van der Waals surface area contributed by atoms with Gasteiger partial charge in [-0.25, -0.2) is 0 Å². The van der Waals surface area contributed by atoms with E-state index in [2.05, 4.69) is 49.3 Å². The molecule has 0 unspecified atom stereocenters. The van der Waals surface area contributed by atoms with E-state index in [1.165, 1.54) is 5.56 Å². The molecule has 0 bridgehead atoms. The minimum atomic E-state index is 0.154. The minimum absolute atomic E-state index is 0.154. The SMILES string of the molecule is Cc1cc(C)c2ncc(C#N)c(NCC3(C)COC3)c2c1. The number of rotatable bonds is 3. The molecule has 108 valence electrons. The smallest absolute Gasteiger partial charge is 0.103 e. The Kier molecular flexibility index (Phi) is 3.30. The van der Waals surface area contributed by atoms with Crippen molar-refractivity contribution in [3.8, 4) is 6.07 Å². The molecule has 1 fully saturated rings. The third kappa shape index (κ3) is 2.45. The van der Waals surface area contributed by atoms with Crippen LogP contribution in [0.1, 0.15) is 23.6 Å². The first kappa shape index (κ1) is 13.8. The molecule has 0 saturated carbocycles. The van der Waals surface area contributed by atoms with Crippen molar-refractivity contribution in [1.82, 2.24) is 4.98 Å². The van der Waals surface area contributed by atoms with Gasteiger partial charge >= 0.3 is 0 Å². The highest BCUT2D eigenvalue weighted by Gasteiger charge is 2.33. The molecule has 1 aliphatic rings. The number of fused-ring (bicyclic) bond motifs is 1. The molecule has 4 nitrogen and oxygen atoms in total. The van der Waals surface area contributed by atoms with E-state index in [-0.39, 0.29) is 5.41 Å². The molecule has 2 aromatic rings. The summed E-state index contributed by atoms with van der Waals surface area (Å²) >= 11 is 0. The normalized spacial score (nSPS) is 16.3. The number of anilines is 1. The van der Waals surface area contributed by atoms with Crippen molar-refractivity contribution in [2.45, 2.75) is 20.8 Å². The van der Waals surface area contributed by atoms with Crippen LogP contribution in [0.25, 0.3) is 10.9 Å². The van der Waals surface area contributed by atoms with Crippen molar-refractivity contribution in [3.05, 3.63) is 35.0 Å². The zero-order valence-electron chi connectivity index (χ0n) is 12.7. The van der Waals surface area contributed by atoms with Gasteiger partial charge in [0.15, 0.2) is 0 Å². The van der Waals surface area contributed by atoms with Gasteiger partial charge in [0.25, 0.3) is 0 Å². The fourth-order valence-electron chi connectivity index (χ4n) is 2.79. The summed E-state index contributed by atoms with van der Waals surface area (Å²) in [5, 5.41) is 13.8. The van der Waals surface area contributed by atoms with Gasteiger partial charge in [0.2, 0.25) is 0 Å². The van der Waals surface area contributed by atoms with E-state index in [1.54, 1.807) is 6.20 Å². The maximum Gasteiger partial charge on any atom is 0.103 e. The zero-order chi connectivity index (χ0) is 15.0. The van der Waals surface area contributed by atoms with Gasteiger partial charge in [-0.3, -0.25) is 4.98 Å². The number of nitriles is 1. The van der Waals surface area contributed by atoms with Crippen LogP contribution in [0, 0.1) is 30.6 Å². The number of aryl methyl sites for hydroxylation is 2. The number of nitrogens with one attached hydrogen (secondary N) is 1. The summed E-state index contributed by atoms with van der Waals surface area (Å²) in [5.74, 6) is 0. The first-order valence-electron chi connectivity index (χ1n) is 7.14. The van der Waals surface area contributed by atoms with Crippen molar-refractivity contribution >= 4 is 16.6 Å². The monoisotopic (exact) mass is 281 g/mol. The van der Waals surface area contributed by atoms with Gasteiger partial charge in [-0.15, -0.1) is 0 Å². The second kappa shape index (κ2) is 5.01. The molecule has 1 aliphatic heterocycles. The summed E-state index contributed by atoms with van der Waals surface area (Å²) in [6.45, 7) is 8.64. The van der Waals surface area contributed by atoms with Crippen LogP contribution >= 0.6 is 0 Å². The van der Waals surface area contributed by atoms with Gasteiger partial charge in [0.1, 0.15) is 6.07 Å². The maximum absolute atomic E-state index is 9.36. The van der Waals surface area contributed by atoms with Crippen molar-refractivity contribution in [2.24, 2.45) is 5.41 Å². The average molecular weight is 281 g/mol. The largest absolute Gasteiger partial charge is 0.383 e. The summed E-state index contributed by atoms with van der Waals surface area (Å²) < 4.78 is 5.29. The lowest BCUT2D eigenvalue weighted by atomic mass is 9.88. The Balaban J connectivity index is 2.07. The lowest BCUT2D eigenvalue weighted by Gasteiger charge is -2.38. The Morgan fingerprint density at radius 2 is 2.14 bits per heavy atom. The Morgan fingerprint density at radius 3 is 2.76 bits per heavy atom. The summed E-state index contributed by atoms with van der Waals surface area (Å²) in [6, 6.07) is 6.46. The van der Waals surface area contributed by atoms with Crippen LogP contribution in [0.4, 0.5) is 5.69 Å². The van der Waals surface area contributed by atoms with Crippen LogP contribution in [0.15, 0.2) is 18.3 Å². The average Bonchev–Trinajstić information content (AvgIpc) is 2.42. The Hall–Kier alpha value is -2.12. The number of aromatic nitrogens is 1. The first-order chi connectivity index (χ1) is 10.0. The second-order valence-corrected chi connectivity index (χ2v) is 6.29. The summed E-state index contributed by atoms with van der Waals surface area (Å²) in [4.78, 5) is 4.44. The number of hydrogen-bond donors (Lipinski definition) is 1. The minimum Gasteiger partial charge on any atom is -0.383 e. The summed E-state index contributed by atoms with van der Waals surface area (Å²) in [7, 11) is 0. The Bertz CT molecular complexity index is 742. The summed E-state index contributed by atoms with van der Waals surface area (Å²) in [6.07, 6.45) is 1.66. The Labute approximate surface area is 124 Å². The highest BCUT2D eigenvalue weighted by molar-refractivity contribution is 5.96. The van der Waals surface area contributed by atoms with Gasteiger partial charge in [0.05, 0.1) is 30.0 Å². The maximum atomic E-state index is 9.36. The molecule has 1 N–H and O–H groups in total. The molecule has 21 heavy (non-hydrogen) atoms. The van der Waals surface area contributed by atoms with E-state index in [0.29, 0.717) is 5.56 Å². The van der Waals surface area contributed by atoms with Crippen molar-refractivity contribution in [2.75, 3.05) is 25.1 Å². The molecule has 2 heterocycles. The lowest BCUT2D eigenvalue weighted by Crippen LogP contribution is -2.45. The van der Waals surface area contributed by atoms with Gasteiger partial charge < -0.3 is 10.1 Å². The quantitative estimate of drug-likeness (QED) is 0.938. The predicted octanol–water partition coefficient (Wildman–Crippen LogP) is 3.17. The van der Waals surface area contributed by atoms with Crippen LogP contribution in [0.3, 0.4) is 0 Å². The molecule has 3 rings (SSSR count). The van der Waals surface area contributed by atoms with E-state index < -0.39 is 0 Å². The number of ether oxygens (including phenoxy) is 1. The van der Waals surface area contributed by atoms with Crippen LogP contribution in [0.5, 0.6) is 0 Å². The second-order valence-electron chi connectivity index (χ2n) is 6.29. The number of pyridine rings is 1. The molecule has 1 saturated heterocycles. The third-order valence-electron chi connectivity index (χ3n) is 4.02. The van der Waals surface area contributed by atoms with Gasteiger partial charge in [-0.2, -0.15) is 5.26 Å². The summed E-state index contributed by atoms with van der Waals surface area (Å²) in [5.41, 5.74) is 4.91. The van der Waals surface area contributed by atoms with Crippen LogP contribution in [-0.2, 0) is 4.74 Å². The van der Waals surface area contributed by atoms with E-state index in [0.717, 1.165) is 41.9 Å². The molecule has 1 aromatic carbocycles. The Morgan fingerprint density at radius 1 is 1.38 bits per heavy atom. The molecule has 4 heteroatoms. The number of nitrogens with zero attached hydrogens (tertiary/aromatic N) is 2. The lowest BCUT2D eigenvalue weighted by molar-refractivity contribution is -0.0924. The van der Waals surface area contributed by atoms with Crippen LogP contribution < -0.4 is 5.32 Å². The molecule has 0 amide bonds. The van der Waals surface area contributed by atoms with E-state index in [9.17, 15) is 5.26 Å². The number of hydrogen-bond acceptors (Lipinski definition) is 4. The predicted molar refractivity (Wildman–Crippen MR) is 83.3 cm³/mol. The van der Waals surface area contributed by atoms with Gasteiger partial charge in [0, 0.05) is 23.5 Å².